The second-order valence-corrected chi connectivity index (χ2v) is 6.21. The maximum Gasteiger partial charge on any atom is 0.321 e. The van der Waals surface area contributed by atoms with Gasteiger partial charge in [-0.1, -0.05) is 12.1 Å². The molecule has 2 heterocycles. The number of amides is 2. The van der Waals surface area contributed by atoms with Gasteiger partial charge in [0.1, 0.15) is 0 Å². The highest BCUT2D eigenvalue weighted by molar-refractivity contribution is 5.92. The summed E-state index contributed by atoms with van der Waals surface area (Å²) in [5.74, 6) is 0. The maximum atomic E-state index is 12.5. The Hall–Kier alpha value is -2.40. The SMILES string of the molecule is C=CCC1(OC)CCN(C(=O)Nc2ccc3ncccc3c2)CC1. The van der Waals surface area contributed by atoms with Gasteiger partial charge in [0.15, 0.2) is 0 Å². The van der Waals surface area contributed by atoms with Crippen molar-refractivity contribution < 1.29 is 9.53 Å². The average Bonchev–Trinajstić information content (AvgIpc) is 2.62. The lowest BCUT2D eigenvalue weighted by Gasteiger charge is -2.40. The normalized spacial score (nSPS) is 16.8. The smallest absolute Gasteiger partial charge is 0.321 e. The molecule has 3 rings (SSSR count). The molecule has 1 aromatic heterocycles. The molecule has 2 aromatic rings. The van der Waals surface area contributed by atoms with E-state index in [0.29, 0.717) is 13.1 Å². The Morgan fingerprint density at radius 1 is 1.42 bits per heavy atom. The van der Waals surface area contributed by atoms with Crippen LogP contribution < -0.4 is 5.32 Å². The average molecular weight is 325 g/mol. The first-order valence-electron chi connectivity index (χ1n) is 8.22. The van der Waals surface area contributed by atoms with E-state index >= 15 is 0 Å². The Bertz CT molecular complexity index is 736. The molecule has 0 bridgehead atoms. The Labute approximate surface area is 142 Å². The number of aromatic nitrogens is 1. The van der Waals surface area contributed by atoms with E-state index in [1.165, 1.54) is 0 Å². The molecule has 0 atom stereocenters. The lowest BCUT2D eigenvalue weighted by molar-refractivity contribution is -0.0469. The molecule has 0 unspecified atom stereocenters. The molecule has 2 amide bonds. The third-order valence-electron chi connectivity index (χ3n) is 4.77. The molecule has 0 saturated carbocycles. The van der Waals surface area contributed by atoms with Crippen LogP contribution in [0.1, 0.15) is 19.3 Å². The maximum absolute atomic E-state index is 12.5. The zero-order chi connectivity index (χ0) is 17.0. The molecule has 0 spiro atoms. The fourth-order valence-electron chi connectivity index (χ4n) is 3.23. The highest BCUT2D eigenvalue weighted by Gasteiger charge is 2.34. The van der Waals surface area contributed by atoms with Crippen molar-refractivity contribution in [2.24, 2.45) is 0 Å². The van der Waals surface area contributed by atoms with Gasteiger partial charge in [-0.3, -0.25) is 4.98 Å². The molecule has 1 aliphatic heterocycles. The second kappa shape index (κ2) is 7.01. The Morgan fingerprint density at radius 3 is 2.92 bits per heavy atom. The van der Waals surface area contributed by atoms with Crippen LogP contribution >= 0.6 is 0 Å². The van der Waals surface area contributed by atoms with E-state index in [1.807, 2.05) is 41.3 Å². The number of nitrogens with one attached hydrogen (secondary N) is 1. The summed E-state index contributed by atoms with van der Waals surface area (Å²) in [6.07, 6.45) is 6.12. The zero-order valence-electron chi connectivity index (χ0n) is 14.0. The van der Waals surface area contributed by atoms with Crippen molar-refractivity contribution in [3.8, 4) is 0 Å². The van der Waals surface area contributed by atoms with E-state index in [-0.39, 0.29) is 11.6 Å². The van der Waals surface area contributed by atoms with Gasteiger partial charge in [-0.25, -0.2) is 4.79 Å². The molecule has 5 heteroatoms. The van der Waals surface area contributed by atoms with Crippen molar-refractivity contribution in [1.82, 2.24) is 9.88 Å². The van der Waals surface area contributed by atoms with Crippen LogP contribution in [0.3, 0.4) is 0 Å². The number of urea groups is 1. The van der Waals surface area contributed by atoms with Crippen molar-refractivity contribution >= 4 is 22.6 Å². The molecule has 1 N–H and O–H groups in total. The van der Waals surface area contributed by atoms with E-state index in [9.17, 15) is 4.79 Å². The fraction of sp³-hybridized carbons (Fsp3) is 0.368. The van der Waals surface area contributed by atoms with Crippen LogP contribution in [0.2, 0.25) is 0 Å². The van der Waals surface area contributed by atoms with E-state index in [2.05, 4.69) is 16.9 Å². The largest absolute Gasteiger partial charge is 0.378 e. The van der Waals surface area contributed by atoms with Gasteiger partial charge < -0.3 is 15.0 Å². The zero-order valence-corrected chi connectivity index (χ0v) is 14.0. The van der Waals surface area contributed by atoms with Crippen molar-refractivity contribution in [1.29, 1.82) is 0 Å². The molecular formula is C19H23N3O2. The minimum atomic E-state index is -0.173. The molecule has 1 aromatic carbocycles. The number of hydrogen-bond acceptors (Lipinski definition) is 3. The molecule has 0 radical (unpaired) electrons. The number of fused-ring (bicyclic) bond motifs is 1. The van der Waals surface area contributed by atoms with Gasteiger partial charge in [-0.05, 0) is 43.5 Å². The molecule has 1 saturated heterocycles. The van der Waals surface area contributed by atoms with Crippen molar-refractivity contribution in [2.75, 3.05) is 25.5 Å². The Kier molecular flexibility index (Phi) is 4.81. The summed E-state index contributed by atoms with van der Waals surface area (Å²) in [7, 11) is 1.74. The summed E-state index contributed by atoms with van der Waals surface area (Å²) < 4.78 is 5.68. The van der Waals surface area contributed by atoms with Gasteiger partial charge in [0, 0.05) is 37.5 Å². The summed E-state index contributed by atoms with van der Waals surface area (Å²) in [6.45, 7) is 5.17. The number of nitrogens with zero attached hydrogens (tertiary/aromatic N) is 2. The first-order valence-corrected chi connectivity index (χ1v) is 8.22. The van der Waals surface area contributed by atoms with Gasteiger partial charge >= 0.3 is 6.03 Å². The third kappa shape index (κ3) is 3.41. The van der Waals surface area contributed by atoms with Crippen molar-refractivity contribution in [3.05, 3.63) is 49.2 Å². The molecule has 1 fully saturated rings. The molecule has 5 nitrogen and oxygen atoms in total. The van der Waals surface area contributed by atoms with Crippen LogP contribution in [-0.4, -0.2) is 41.7 Å². The first-order chi connectivity index (χ1) is 11.7. The van der Waals surface area contributed by atoms with Gasteiger partial charge in [0.2, 0.25) is 0 Å². The summed E-state index contributed by atoms with van der Waals surface area (Å²) in [5, 5.41) is 3.99. The number of benzene rings is 1. The van der Waals surface area contributed by atoms with Gasteiger partial charge in [-0.15, -0.1) is 6.58 Å². The predicted molar refractivity (Wildman–Crippen MR) is 96.1 cm³/mol. The number of pyridine rings is 1. The van der Waals surface area contributed by atoms with Crippen LogP contribution in [0.25, 0.3) is 10.9 Å². The highest BCUT2D eigenvalue weighted by atomic mass is 16.5. The standard InChI is InChI=1S/C19H23N3O2/c1-3-8-19(24-2)9-12-22(13-10-19)18(23)21-16-6-7-17-15(14-16)5-4-11-20-17/h3-7,11,14H,1,8-10,12-13H2,2H3,(H,21,23). The number of anilines is 1. The lowest BCUT2D eigenvalue weighted by Crippen LogP contribution is -2.48. The van der Waals surface area contributed by atoms with E-state index in [4.69, 9.17) is 4.74 Å². The van der Waals surface area contributed by atoms with E-state index in [0.717, 1.165) is 35.9 Å². The molecular weight excluding hydrogens is 302 g/mol. The number of ether oxygens (including phenoxy) is 1. The molecule has 1 aliphatic rings. The van der Waals surface area contributed by atoms with Crippen LogP contribution in [0.5, 0.6) is 0 Å². The van der Waals surface area contributed by atoms with E-state index < -0.39 is 0 Å². The monoisotopic (exact) mass is 325 g/mol. The van der Waals surface area contributed by atoms with Crippen LogP contribution in [-0.2, 0) is 4.74 Å². The van der Waals surface area contributed by atoms with Gasteiger partial charge in [0.25, 0.3) is 0 Å². The number of likely N-dealkylation sites (tertiary alicyclic amines) is 1. The quantitative estimate of drug-likeness (QED) is 0.869. The van der Waals surface area contributed by atoms with Crippen LogP contribution in [0.15, 0.2) is 49.2 Å². The number of rotatable bonds is 4. The second-order valence-electron chi connectivity index (χ2n) is 6.21. The first kappa shape index (κ1) is 16.5. The minimum Gasteiger partial charge on any atom is -0.378 e. The number of hydrogen-bond donors (Lipinski definition) is 1. The Morgan fingerprint density at radius 2 is 2.21 bits per heavy atom. The van der Waals surface area contributed by atoms with Gasteiger partial charge in [0.05, 0.1) is 11.1 Å². The highest BCUT2D eigenvalue weighted by Crippen LogP contribution is 2.30. The number of carbonyl (C=O) groups excluding carboxylic acids is 1. The van der Waals surface area contributed by atoms with Crippen molar-refractivity contribution in [2.45, 2.75) is 24.9 Å². The van der Waals surface area contributed by atoms with Gasteiger partial charge in [-0.2, -0.15) is 0 Å². The minimum absolute atomic E-state index is 0.0680. The molecule has 24 heavy (non-hydrogen) atoms. The summed E-state index contributed by atoms with van der Waals surface area (Å²) in [4.78, 5) is 18.6. The van der Waals surface area contributed by atoms with Crippen molar-refractivity contribution in [3.63, 3.8) is 0 Å². The Balaban J connectivity index is 1.64. The predicted octanol–water partition coefficient (Wildman–Crippen LogP) is 3.82. The number of piperidine rings is 1. The summed E-state index contributed by atoms with van der Waals surface area (Å²) in [6, 6.07) is 9.56. The topological polar surface area (TPSA) is 54.5 Å². The third-order valence-corrected chi connectivity index (χ3v) is 4.77. The fourth-order valence-corrected chi connectivity index (χ4v) is 3.23. The number of methoxy groups -OCH3 is 1. The molecule has 126 valence electrons. The number of carbonyl (C=O) groups is 1. The summed E-state index contributed by atoms with van der Waals surface area (Å²) in [5.41, 5.74) is 1.53. The van der Waals surface area contributed by atoms with Crippen LogP contribution in [0, 0.1) is 0 Å². The van der Waals surface area contributed by atoms with Crippen LogP contribution in [0.4, 0.5) is 10.5 Å². The van der Waals surface area contributed by atoms with E-state index in [1.54, 1.807) is 13.3 Å². The summed E-state index contributed by atoms with van der Waals surface area (Å²) >= 11 is 0. The lowest BCUT2D eigenvalue weighted by atomic mass is 9.88. The molecule has 0 aliphatic carbocycles.